The number of anilines is 1. The van der Waals surface area contributed by atoms with E-state index >= 15 is 0 Å². The van der Waals surface area contributed by atoms with Crippen LogP contribution in [0.15, 0.2) is 70.1 Å². The minimum absolute atomic E-state index is 0.00259. The van der Waals surface area contributed by atoms with Crippen molar-refractivity contribution >= 4 is 53.4 Å². The van der Waals surface area contributed by atoms with Gasteiger partial charge in [-0.25, -0.2) is 0 Å². The highest BCUT2D eigenvalue weighted by Crippen LogP contribution is 2.51. The van der Waals surface area contributed by atoms with Gasteiger partial charge in [-0.2, -0.15) is 29.8 Å². The van der Waals surface area contributed by atoms with Crippen LogP contribution in [-0.4, -0.2) is 133 Å². The van der Waals surface area contributed by atoms with Gasteiger partial charge in [0.1, 0.15) is 6.54 Å². The van der Waals surface area contributed by atoms with Gasteiger partial charge in [-0.05, 0) is 87.9 Å². The van der Waals surface area contributed by atoms with E-state index in [1.54, 1.807) is 32.4 Å². The molecule has 4 N–H and O–H groups in total. The van der Waals surface area contributed by atoms with Crippen molar-refractivity contribution in [1.82, 2.24) is 0 Å². The number of carbonyl (C=O) groups is 1. The monoisotopic (exact) mass is 901 g/mol. The van der Waals surface area contributed by atoms with Crippen LogP contribution in [0.4, 0.5) is 11.4 Å². The number of benzene rings is 2. The Hall–Kier alpha value is -3.57. The van der Waals surface area contributed by atoms with E-state index < -0.39 is 52.9 Å². The van der Waals surface area contributed by atoms with Crippen LogP contribution in [0.2, 0.25) is 0 Å². The molecule has 0 radical (unpaired) electrons. The van der Waals surface area contributed by atoms with Gasteiger partial charge in [-0.3, -0.25) is 18.5 Å². The van der Waals surface area contributed by atoms with Crippen LogP contribution in [0.3, 0.4) is 0 Å². The van der Waals surface area contributed by atoms with E-state index in [4.69, 9.17) is 18.9 Å². The SMILES string of the molecule is COCCOCCOCCN1/C(=C/C=C/C2=[N+](CCCCCC(=O)O)c3ccc(S(=O)(=O)O)cc3C2(C)CCOC)C(C)(CCCS(=O)(=O)O)c2cc(S(=O)(=O)O)ccc21. The number of hydrogen-bond donors (Lipinski definition) is 4. The molecule has 0 aliphatic carbocycles. The van der Waals surface area contributed by atoms with Gasteiger partial charge in [-0.15, -0.1) is 0 Å². The summed E-state index contributed by atoms with van der Waals surface area (Å²) in [6.07, 6.45) is 7.77. The highest BCUT2D eigenvalue weighted by Gasteiger charge is 2.48. The fraction of sp³-hybridized carbons (Fsp3) is 0.550. The Balaban J connectivity index is 1.86. The van der Waals surface area contributed by atoms with E-state index in [0.29, 0.717) is 86.9 Å². The smallest absolute Gasteiger partial charge is 0.303 e. The molecule has 2 aromatic carbocycles. The largest absolute Gasteiger partial charge is 0.481 e. The van der Waals surface area contributed by atoms with Gasteiger partial charge in [0, 0.05) is 74.7 Å². The van der Waals surface area contributed by atoms with E-state index in [2.05, 4.69) is 0 Å². The molecule has 0 bridgehead atoms. The predicted octanol–water partition coefficient (Wildman–Crippen LogP) is 4.78. The number of ether oxygens (including phenoxy) is 4. The molecular formula is C40H57N2O15S3+. The molecule has 2 aliphatic rings. The second-order valence-corrected chi connectivity index (χ2v) is 19.5. The average molecular weight is 902 g/mol. The second kappa shape index (κ2) is 21.0. The molecule has 0 amide bonds. The minimum atomic E-state index is -4.63. The fourth-order valence-corrected chi connectivity index (χ4v) is 9.40. The number of methoxy groups -OCH3 is 2. The Bertz CT molecular complexity index is 2270. The quantitative estimate of drug-likeness (QED) is 0.0564. The van der Waals surface area contributed by atoms with Crippen molar-refractivity contribution in [2.45, 2.75) is 79.4 Å². The second-order valence-electron chi connectivity index (χ2n) is 15.1. The Morgan fingerprint density at radius 2 is 1.37 bits per heavy atom. The van der Waals surface area contributed by atoms with Crippen molar-refractivity contribution in [3.63, 3.8) is 0 Å². The van der Waals surface area contributed by atoms with E-state index in [0.717, 1.165) is 5.71 Å². The highest BCUT2D eigenvalue weighted by atomic mass is 32.2. The minimum Gasteiger partial charge on any atom is -0.481 e. The zero-order chi connectivity index (χ0) is 44.4. The van der Waals surface area contributed by atoms with Gasteiger partial charge in [0.2, 0.25) is 5.69 Å². The van der Waals surface area contributed by atoms with Gasteiger partial charge >= 0.3 is 5.97 Å². The number of fused-ring (bicyclic) bond motifs is 2. The lowest BCUT2D eigenvalue weighted by molar-refractivity contribution is -0.438. The summed E-state index contributed by atoms with van der Waals surface area (Å²) in [4.78, 5) is 12.5. The van der Waals surface area contributed by atoms with Crippen molar-refractivity contribution in [3.05, 3.63) is 71.5 Å². The molecule has 2 aromatic rings. The molecule has 0 fully saturated rings. The van der Waals surface area contributed by atoms with Crippen molar-refractivity contribution in [3.8, 4) is 0 Å². The Labute approximate surface area is 352 Å². The molecular weight excluding hydrogens is 845 g/mol. The Morgan fingerprint density at radius 1 is 0.750 bits per heavy atom. The predicted molar refractivity (Wildman–Crippen MR) is 223 cm³/mol. The lowest BCUT2D eigenvalue weighted by Crippen LogP contribution is -2.33. The summed E-state index contributed by atoms with van der Waals surface area (Å²) in [7, 11) is -10.4. The molecule has 0 saturated heterocycles. The summed E-state index contributed by atoms with van der Waals surface area (Å²) >= 11 is 0. The molecule has 0 spiro atoms. The summed E-state index contributed by atoms with van der Waals surface area (Å²) in [5.74, 6) is -1.44. The number of unbranched alkanes of at least 4 members (excludes halogenated alkanes) is 2. The van der Waals surface area contributed by atoms with Gasteiger partial charge in [0.25, 0.3) is 30.4 Å². The first-order valence-corrected chi connectivity index (χ1v) is 24.0. The summed E-state index contributed by atoms with van der Waals surface area (Å²) < 4.78 is 127. The number of carboxylic acids is 1. The summed E-state index contributed by atoms with van der Waals surface area (Å²) in [6, 6.07) is 8.64. The molecule has 17 nitrogen and oxygen atoms in total. The number of rotatable bonds is 26. The van der Waals surface area contributed by atoms with Gasteiger partial charge < -0.3 is 29.0 Å². The third-order valence-electron chi connectivity index (χ3n) is 10.9. The van der Waals surface area contributed by atoms with Crippen LogP contribution in [-0.2, 0) is 64.9 Å². The maximum Gasteiger partial charge on any atom is 0.303 e. The lowest BCUT2D eigenvalue weighted by atomic mass is 9.76. The number of carboxylic acid groups (broad SMARTS) is 1. The molecule has 0 aromatic heterocycles. The van der Waals surface area contributed by atoms with E-state index in [1.807, 2.05) is 35.5 Å². The maximum atomic E-state index is 12.4. The van der Waals surface area contributed by atoms with Crippen molar-refractivity contribution in [2.75, 3.05) is 77.6 Å². The Morgan fingerprint density at radius 3 is 1.98 bits per heavy atom. The van der Waals surface area contributed by atoms with Gasteiger partial charge in [0.05, 0.1) is 54.0 Å². The maximum absolute atomic E-state index is 12.4. The number of aliphatic carboxylic acids is 1. The first kappa shape index (κ1) is 49.1. The normalized spacial score (nSPS) is 20.1. The van der Waals surface area contributed by atoms with Crippen LogP contribution >= 0.6 is 0 Å². The molecule has 2 heterocycles. The zero-order valence-corrected chi connectivity index (χ0v) is 36.9. The van der Waals surface area contributed by atoms with Crippen LogP contribution in [0.1, 0.15) is 69.9 Å². The molecule has 334 valence electrons. The van der Waals surface area contributed by atoms with E-state index in [1.165, 1.54) is 24.3 Å². The summed E-state index contributed by atoms with van der Waals surface area (Å²) in [6.45, 7) is 6.43. The van der Waals surface area contributed by atoms with Crippen LogP contribution < -0.4 is 4.90 Å². The van der Waals surface area contributed by atoms with Crippen molar-refractivity contribution in [1.29, 1.82) is 0 Å². The van der Waals surface area contributed by atoms with E-state index in [9.17, 15) is 48.8 Å². The van der Waals surface area contributed by atoms with Crippen LogP contribution in [0.25, 0.3) is 0 Å². The Kier molecular flexibility index (Phi) is 17.2. The first-order valence-electron chi connectivity index (χ1n) is 19.5. The molecule has 2 unspecified atom stereocenters. The zero-order valence-electron chi connectivity index (χ0n) is 34.4. The third kappa shape index (κ3) is 12.5. The average Bonchev–Trinajstić information content (AvgIpc) is 3.53. The number of nitrogens with zero attached hydrogens (tertiary/aromatic N) is 2. The van der Waals surface area contributed by atoms with Crippen molar-refractivity contribution < 1.29 is 72.3 Å². The van der Waals surface area contributed by atoms with Crippen molar-refractivity contribution in [2.24, 2.45) is 0 Å². The van der Waals surface area contributed by atoms with Gasteiger partial charge in [-0.1, -0.05) is 6.08 Å². The molecule has 20 heteroatoms. The first-order chi connectivity index (χ1) is 28.2. The van der Waals surface area contributed by atoms with Crippen LogP contribution in [0, 0.1) is 0 Å². The fourth-order valence-electron chi connectivity index (χ4n) is 7.88. The number of hydrogen-bond acceptors (Lipinski definition) is 12. The molecule has 0 saturated carbocycles. The molecule has 60 heavy (non-hydrogen) atoms. The standard InChI is InChI=1S/C40H56N2O15S3/c1-39(17-9-27-58(45,46)47)32-28-30(59(48,49)50)14-16-35(32)42(20-22-56-25-26-57-24-23-55-4)36(39)10-8-11-37-40(2,18-21-54-3)33-29-31(60(51,52)53)13-15-34(33)41(37)19-7-5-6-12-38(43)44/h8,10-11,13-16,28-29H,5-7,9,12,17-27H2,1-4H3,(H3-,43,44,45,46,47,48,49,50,51,52,53)/p+1. The third-order valence-corrected chi connectivity index (χ3v) is 13.4. The summed E-state index contributed by atoms with van der Waals surface area (Å²) in [5.41, 5.74) is 1.95. The number of allylic oxidation sites excluding steroid dienone is 4. The van der Waals surface area contributed by atoms with E-state index in [-0.39, 0.29) is 48.8 Å². The summed E-state index contributed by atoms with van der Waals surface area (Å²) in [5, 5.41) is 9.17. The highest BCUT2D eigenvalue weighted by molar-refractivity contribution is 7.86. The topological polar surface area (TPSA) is 244 Å². The molecule has 2 atom stereocenters. The lowest BCUT2D eigenvalue weighted by Gasteiger charge is -2.30. The molecule has 4 rings (SSSR count). The molecule has 2 aliphatic heterocycles. The van der Waals surface area contributed by atoms with Crippen LogP contribution in [0.5, 0.6) is 0 Å². The van der Waals surface area contributed by atoms with Gasteiger partial charge in [0.15, 0.2) is 5.71 Å².